The molecule has 3 aromatic rings. The summed E-state index contributed by atoms with van der Waals surface area (Å²) in [6.07, 6.45) is 0. The monoisotopic (exact) mass is 472 g/mol. The van der Waals surface area contributed by atoms with Gasteiger partial charge >= 0.3 is 5.97 Å². The van der Waals surface area contributed by atoms with Crippen molar-refractivity contribution >= 4 is 44.9 Å². The summed E-state index contributed by atoms with van der Waals surface area (Å²) < 4.78 is 31.6. The Balaban J connectivity index is 1.70. The van der Waals surface area contributed by atoms with Crippen LogP contribution in [0.3, 0.4) is 0 Å². The van der Waals surface area contributed by atoms with E-state index in [0.29, 0.717) is 27.5 Å². The number of nitrogens with zero attached hydrogens (tertiary/aromatic N) is 1. The van der Waals surface area contributed by atoms with Crippen molar-refractivity contribution in [2.45, 2.75) is 11.8 Å². The fraction of sp³-hybridized carbons (Fsp3) is 0.130. The number of hydrogen-bond donors (Lipinski definition) is 1. The van der Waals surface area contributed by atoms with Crippen molar-refractivity contribution < 1.29 is 22.7 Å². The Kier molecular flexibility index (Phi) is 7.17. The summed E-state index contributed by atoms with van der Waals surface area (Å²) >= 11 is 5.83. The molecule has 1 N–H and O–H groups in total. The third-order valence-corrected chi connectivity index (χ3v) is 6.67. The van der Waals surface area contributed by atoms with Crippen LogP contribution in [0.4, 0.5) is 11.4 Å². The summed E-state index contributed by atoms with van der Waals surface area (Å²) in [6.45, 7) is 2.01. The van der Waals surface area contributed by atoms with Crippen molar-refractivity contribution in [2.24, 2.45) is 0 Å². The molecule has 1 amide bonds. The zero-order chi connectivity index (χ0) is 23.3. The number of rotatable bonds is 7. The van der Waals surface area contributed by atoms with Gasteiger partial charge in [-0.05, 0) is 79.7 Å². The predicted octanol–water partition coefficient (Wildman–Crippen LogP) is 4.59. The Bertz CT molecular complexity index is 1210. The highest BCUT2D eigenvalue weighted by molar-refractivity contribution is 7.92. The minimum atomic E-state index is -3.77. The van der Waals surface area contributed by atoms with Crippen LogP contribution in [0.15, 0.2) is 77.7 Å². The van der Waals surface area contributed by atoms with Crippen molar-refractivity contribution in [2.75, 3.05) is 23.3 Å². The van der Waals surface area contributed by atoms with Gasteiger partial charge in [-0.3, -0.25) is 9.10 Å². The standard InChI is InChI=1S/C23H21ClN2O5S/c1-3-31-23(28)17-4-10-19(11-5-17)25-22(27)16-6-12-20(13-7-16)26(2)32(29,30)21-14-8-18(24)9-15-21/h4-15H,3H2,1-2H3,(H,25,27). The maximum atomic E-state index is 12.8. The van der Waals surface area contributed by atoms with E-state index in [9.17, 15) is 18.0 Å². The second-order valence-corrected chi connectivity index (χ2v) is 9.13. The molecule has 0 radical (unpaired) electrons. The van der Waals surface area contributed by atoms with Crippen LogP contribution in [-0.2, 0) is 14.8 Å². The quantitative estimate of drug-likeness (QED) is 0.507. The minimum Gasteiger partial charge on any atom is -0.462 e. The second kappa shape index (κ2) is 9.84. The maximum Gasteiger partial charge on any atom is 0.338 e. The van der Waals surface area contributed by atoms with E-state index in [1.54, 1.807) is 43.3 Å². The Morgan fingerprint density at radius 2 is 1.47 bits per heavy atom. The first-order chi connectivity index (χ1) is 15.2. The highest BCUT2D eigenvalue weighted by atomic mass is 35.5. The second-order valence-electron chi connectivity index (χ2n) is 6.73. The third kappa shape index (κ3) is 5.27. The van der Waals surface area contributed by atoms with Gasteiger partial charge in [-0.15, -0.1) is 0 Å². The molecule has 0 saturated heterocycles. The molecule has 0 spiro atoms. The van der Waals surface area contributed by atoms with Gasteiger partial charge in [-0.25, -0.2) is 13.2 Å². The van der Waals surface area contributed by atoms with Crippen LogP contribution >= 0.6 is 11.6 Å². The molecule has 0 saturated carbocycles. The summed E-state index contributed by atoms with van der Waals surface area (Å²) in [5, 5.41) is 3.17. The lowest BCUT2D eigenvalue weighted by molar-refractivity contribution is 0.0526. The molecule has 3 rings (SSSR count). The van der Waals surface area contributed by atoms with E-state index >= 15 is 0 Å². The number of esters is 1. The molecule has 0 bridgehead atoms. The third-order valence-electron chi connectivity index (χ3n) is 4.62. The number of carbonyl (C=O) groups is 2. The van der Waals surface area contributed by atoms with Crippen LogP contribution in [0.1, 0.15) is 27.6 Å². The van der Waals surface area contributed by atoms with Gasteiger partial charge in [0.15, 0.2) is 0 Å². The van der Waals surface area contributed by atoms with Crippen molar-refractivity contribution in [1.82, 2.24) is 0 Å². The molecule has 0 aliphatic carbocycles. The van der Waals surface area contributed by atoms with E-state index in [2.05, 4.69) is 5.32 Å². The van der Waals surface area contributed by atoms with Crippen molar-refractivity contribution in [3.05, 3.63) is 88.9 Å². The van der Waals surface area contributed by atoms with Crippen LogP contribution in [0.2, 0.25) is 5.02 Å². The fourth-order valence-electron chi connectivity index (χ4n) is 2.83. The van der Waals surface area contributed by atoms with Gasteiger partial charge in [-0.1, -0.05) is 11.6 Å². The number of ether oxygens (including phenoxy) is 1. The van der Waals surface area contributed by atoms with Gasteiger partial charge in [-0.2, -0.15) is 0 Å². The largest absolute Gasteiger partial charge is 0.462 e. The number of nitrogens with one attached hydrogen (secondary N) is 1. The minimum absolute atomic E-state index is 0.109. The first kappa shape index (κ1) is 23.3. The van der Waals surface area contributed by atoms with Crippen LogP contribution in [0.5, 0.6) is 0 Å². The average molecular weight is 473 g/mol. The number of halogens is 1. The fourth-order valence-corrected chi connectivity index (χ4v) is 4.16. The van der Waals surface area contributed by atoms with E-state index in [1.807, 2.05) is 0 Å². The lowest BCUT2D eigenvalue weighted by Crippen LogP contribution is -2.26. The first-order valence-corrected chi connectivity index (χ1v) is 11.5. The number of hydrogen-bond acceptors (Lipinski definition) is 5. The lowest BCUT2D eigenvalue weighted by atomic mass is 10.1. The summed E-state index contributed by atoms with van der Waals surface area (Å²) in [5.74, 6) is -0.803. The molecule has 9 heteroatoms. The summed E-state index contributed by atoms with van der Waals surface area (Å²) in [6, 6.07) is 18.4. The van der Waals surface area contributed by atoms with Gasteiger partial charge in [0.25, 0.3) is 15.9 Å². The smallest absolute Gasteiger partial charge is 0.338 e. The molecule has 7 nitrogen and oxygen atoms in total. The lowest BCUT2D eigenvalue weighted by Gasteiger charge is -2.19. The van der Waals surface area contributed by atoms with Crippen LogP contribution in [0.25, 0.3) is 0 Å². The molecule has 3 aromatic carbocycles. The predicted molar refractivity (Wildman–Crippen MR) is 124 cm³/mol. The molecular weight excluding hydrogens is 452 g/mol. The summed E-state index contributed by atoms with van der Waals surface area (Å²) in [5.41, 5.74) is 1.64. The summed E-state index contributed by atoms with van der Waals surface area (Å²) in [4.78, 5) is 24.3. The normalized spacial score (nSPS) is 11.0. The van der Waals surface area contributed by atoms with Crippen LogP contribution in [-0.4, -0.2) is 33.9 Å². The highest BCUT2D eigenvalue weighted by Gasteiger charge is 2.21. The Hall–Kier alpha value is -3.36. The van der Waals surface area contributed by atoms with Crippen molar-refractivity contribution in [1.29, 1.82) is 0 Å². The SMILES string of the molecule is CCOC(=O)c1ccc(NC(=O)c2ccc(N(C)S(=O)(=O)c3ccc(Cl)cc3)cc2)cc1. The molecule has 0 fully saturated rings. The number of sulfonamides is 1. The Labute approximate surface area is 191 Å². The van der Waals surface area contributed by atoms with E-state index in [0.717, 1.165) is 4.31 Å². The van der Waals surface area contributed by atoms with Gasteiger partial charge in [0.2, 0.25) is 0 Å². The maximum absolute atomic E-state index is 12.8. The first-order valence-electron chi connectivity index (χ1n) is 9.65. The van der Waals surface area contributed by atoms with Gasteiger partial charge in [0.1, 0.15) is 0 Å². The van der Waals surface area contributed by atoms with E-state index < -0.39 is 16.0 Å². The molecule has 0 aliphatic heterocycles. The molecule has 32 heavy (non-hydrogen) atoms. The number of amides is 1. The van der Waals surface area contributed by atoms with E-state index in [4.69, 9.17) is 16.3 Å². The number of anilines is 2. The number of benzene rings is 3. The van der Waals surface area contributed by atoms with Crippen LogP contribution in [0, 0.1) is 0 Å². The molecule has 0 aliphatic rings. The Morgan fingerprint density at radius 3 is 2.03 bits per heavy atom. The summed E-state index contributed by atoms with van der Waals surface area (Å²) in [7, 11) is -2.33. The van der Waals surface area contributed by atoms with Gasteiger partial charge < -0.3 is 10.1 Å². The molecule has 0 heterocycles. The number of carbonyl (C=O) groups excluding carboxylic acids is 2. The van der Waals surface area contributed by atoms with Gasteiger partial charge in [0, 0.05) is 23.3 Å². The molecule has 0 aromatic heterocycles. The molecular formula is C23H21ClN2O5S. The zero-order valence-corrected chi connectivity index (χ0v) is 19.0. The zero-order valence-electron chi connectivity index (χ0n) is 17.4. The molecule has 0 unspecified atom stereocenters. The van der Waals surface area contributed by atoms with Crippen molar-refractivity contribution in [3.8, 4) is 0 Å². The van der Waals surface area contributed by atoms with Crippen LogP contribution < -0.4 is 9.62 Å². The molecule has 166 valence electrons. The van der Waals surface area contributed by atoms with Crippen molar-refractivity contribution in [3.63, 3.8) is 0 Å². The van der Waals surface area contributed by atoms with Gasteiger partial charge in [0.05, 0.1) is 22.8 Å². The van der Waals surface area contributed by atoms with E-state index in [1.165, 1.54) is 43.4 Å². The topological polar surface area (TPSA) is 92.8 Å². The molecule has 0 atom stereocenters. The Morgan fingerprint density at radius 1 is 0.906 bits per heavy atom. The highest BCUT2D eigenvalue weighted by Crippen LogP contribution is 2.24. The average Bonchev–Trinajstić information content (AvgIpc) is 2.79. The van der Waals surface area contributed by atoms with E-state index in [-0.39, 0.29) is 17.4 Å².